The Morgan fingerprint density at radius 3 is 1.62 bits per heavy atom. The quantitative estimate of drug-likeness (QED) is 0.337. The van der Waals surface area contributed by atoms with Gasteiger partial charge < -0.3 is 5.32 Å². The largest absolute Gasteiger partial charge is 0.355 e. The van der Waals surface area contributed by atoms with Gasteiger partial charge in [-0.05, 0) is 52.1 Å². The van der Waals surface area contributed by atoms with Gasteiger partial charge in [-0.1, -0.05) is 78.4 Å². The van der Waals surface area contributed by atoms with Gasteiger partial charge in [-0.2, -0.15) is 0 Å². The Morgan fingerprint density at radius 1 is 0.500 bits per heavy atom. The van der Waals surface area contributed by atoms with E-state index in [4.69, 9.17) is 0 Å². The maximum Gasteiger partial charge on any atom is 0.0470 e. The minimum Gasteiger partial charge on any atom is -0.355 e. The number of hydrogen-bond donors (Lipinski definition) is 1. The second-order valence-corrected chi connectivity index (χ2v) is 6.81. The van der Waals surface area contributed by atoms with Crippen LogP contribution in [-0.4, -0.2) is 0 Å². The summed E-state index contributed by atoms with van der Waals surface area (Å²) >= 11 is 0. The average molecular weight is 333 g/mol. The molecule has 0 radical (unpaired) electrons. The summed E-state index contributed by atoms with van der Waals surface area (Å²) in [6, 6.07) is 32.5. The molecule has 0 atom stereocenters. The predicted octanol–water partition coefficient (Wildman–Crippen LogP) is 7.20. The molecule has 0 aliphatic heterocycles. The maximum atomic E-state index is 3.63. The normalized spacial score (nSPS) is 11.3. The highest BCUT2D eigenvalue weighted by molar-refractivity contribution is 6.28. The molecule has 0 fully saturated rings. The fourth-order valence-corrected chi connectivity index (χ4v) is 3.85. The van der Waals surface area contributed by atoms with Crippen molar-refractivity contribution in [1.82, 2.24) is 0 Å². The van der Waals surface area contributed by atoms with Crippen LogP contribution >= 0.6 is 0 Å². The molecule has 0 unspecified atom stereocenters. The lowest BCUT2D eigenvalue weighted by Crippen LogP contribution is -1.93. The fraction of sp³-hybridized carbons (Fsp3) is 0.0400. The van der Waals surface area contributed by atoms with Crippen molar-refractivity contribution in [3.8, 4) is 0 Å². The van der Waals surface area contributed by atoms with Crippen LogP contribution in [0.25, 0.3) is 32.3 Å². The van der Waals surface area contributed by atoms with E-state index in [-0.39, 0.29) is 0 Å². The third kappa shape index (κ3) is 2.33. The van der Waals surface area contributed by atoms with Gasteiger partial charge in [0.15, 0.2) is 0 Å². The van der Waals surface area contributed by atoms with E-state index in [1.54, 1.807) is 0 Å². The van der Waals surface area contributed by atoms with E-state index in [9.17, 15) is 0 Å². The minimum absolute atomic E-state index is 1.11. The molecule has 1 N–H and O–H groups in total. The second-order valence-electron chi connectivity index (χ2n) is 6.81. The lowest BCUT2D eigenvalue weighted by Gasteiger charge is -2.15. The first-order chi connectivity index (χ1) is 12.8. The Kier molecular flexibility index (Phi) is 3.39. The van der Waals surface area contributed by atoms with Crippen LogP contribution in [0.15, 0.2) is 91.0 Å². The van der Waals surface area contributed by atoms with E-state index in [2.05, 4.69) is 103 Å². The summed E-state index contributed by atoms with van der Waals surface area (Å²) in [6.07, 6.45) is 0. The Balaban J connectivity index is 1.86. The van der Waals surface area contributed by atoms with E-state index >= 15 is 0 Å². The molecule has 5 aromatic carbocycles. The molecular formula is C25H19N. The zero-order valence-electron chi connectivity index (χ0n) is 14.7. The number of aryl methyl sites for hydroxylation is 1. The van der Waals surface area contributed by atoms with Crippen molar-refractivity contribution >= 4 is 43.7 Å². The van der Waals surface area contributed by atoms with Crippen molar-refractivity contribution in [2.24, 2.45) is 0 Å². The molecule has 1 nitrogen and oxygen atoms in total. The number of nitrogens with one attached hydrogen (secondary N) is 1. The van der Waals surface area contributed by atoms with Crippen LogP contribution in [-0.2, 0) is 0 Å². The molecule has 26 heavy (non-hydrogen) atoms. The highest BCUT2D eigenvalue weighted by atomic mass is 14.9. The van der Waals surface area contributed by atoms with Crippen molar-refractivity contribution in [2.45, 2.75) is 6.92 Å². The monoisotopic (exact) mass is 333 g/mol. The molecule has 0 aliphatic carbocycles. The lowest BCUT2D eigenvalue weighted by molar-refractivity contribution is 1.46. The van der Waals surface area contributed by atoms with Crippen molar-refractivity contribution < 1.29 is 0 Å². The summed E-state index contributed by atoms with van der Waals surface area (Å²) in [4.78, 5) is 0. The number of rotatable bonds is 2. The van der Waals surface area contributed by atoms with E-state index in [1.807, 2.05) is 0 Å². The van der Waals surface area contributed by atoms with Crippen LogP contribution in [0.4, 0.5) is 11.4 Å². The fourth-order valence-electron chi connectivity index (χ4n) is 3.85. The van der Waals surface area contributed by atoms with Crippen molar-refractivity contribution in [3.63, 3.8) is 0 Å². The van der Waals surface area contributed by atoms with Gasteiger partial charge in [-0.3, -0.25) is 0 Å². The molecule has 5 rings (SSSR count). The third-order valence-electron chi connectivity index (χ3n) is 5.10. The van der Waals surface area contributed by atoms with Gasteiger partial charge in [0.05, 0.1) is 0 Å². The second kappa shape index (κ2) is 5.89. The lowest BCUT2D eigenvalue weighted by atomic mass is 9.93. The van der Waals surface area contributed by atoms with E-state index < -0.39 is 0 Å². The number of hydrogen-bond acceptors (Lipinski definition) is 1. The molecule has 0 aliphatic rings. The van der Waals surface area contributed by atoms with Gasteiger partial charge in [0.1, 0.15) is 0 Å². The zero-order chi connectivity index (χ0) is 17.5. The van der Waals surface area contributed by atoms with Crippen molar-refractivity contribution in [2.75, 3.05) is 5.32 Å². The summed E-state index contributed by atoms with van der Waals surface area (Å²) in [5.74, 6) is 0. The first kappa shape index (κ1) is 15.0. The summed E-state index contributed by atoms with van der Waals surface area (Å²) < 4.78 is 0. The Hall–Kier alpha value is -3.32. The summed E-state index contributed by atoms with van der Waals surface area (Å²) in [6.45, 7) is 2.11. The minimum atomic E-state index is 1.11. The van der Waals surface area contributed by atoms with Gasteiger partial charge in [0.2, 0.25) is 0 Å². The zero-order valence-corrected chi connectivity index (χ0v) is 14.7. The molecule has 0 aromatic heterocycles. The topological polar surface area (TPSA) is 12.0 Å². The first-order valence-electron chi connectivity index (χ1n) is 8.97. The molecule has 5 aromatic rings. The van der Waals surface area contributed by atoms with Crippen molar-refractivity contribution in [3.05, 3.63) is 96.6 Å². The number of anilines is 2. The molecule has 0 heterocycles. The molecule has 1 heteroatoms. The molecule has 0 saturated carbocycles. The van der Waals surface area contributed by atoms with Gasteiger partial charge in [-0.15, -0.1) is 0 Å². The molecule has 0 saturated heterocycles. The SMILES string of the molecule is Cc1ccc(Nc2cccc3c4ccccc4c4ccccc4c23)cc1. The molecule has 124 valence electrons. The summed E-state index contributed by atoms with van der Waals surface area (Å²) in [5, 5.41) is 11.4. The first-order valence-corrected chi connectivity index (χ1v) is 8.97. The van der Waals surface area contributed by atoms with E-state index in [0.29, 0.717) is 0 Å². The van der Waals surface area contributed by atoms with E-state index in [0.717, 1.165) is 11.4 Å². The van der Waals surface area contributed by atoms with Crippen molar-refractivity contribution in [1.29, 1.82) is 0 Å². The van der Waals surface area contributed by atoms with Crippen LogP contribution in [0.5, 0.6) is 0 Å². The van der Waals surface area contributed by atoms with Gasteiger partial charge in [0, 0.05) is 16.8 Å². The van der Waals surface area contributed by atoms with Gasteiger partial charge in [0.25, 0.3) is 0 Å². The van der Waals surface area contributed by atoms with Gasteiger partial charge in [-0.25, -0.2) is 0 Å². The Bertz CT molecular complexity index is 1210. The summed E-state index contributed by atoms with van der Waals surface area (Å²) in [7, 11) is 0. The number of fused-ring (bicyclic) bond motifs is 6. The van der Waals surface area contributed by atoms with Crippen LogP contribution in [0, 0.1) is 6.92 Å². The number of benzene rings is 5. The molecule has 0 amide bonds. The standard InChI is InChI=1S/C25H19N/c1-17-13-15-18(16-14-17)26-24-12-6-11-23-21-8-3-2-7-19(21)20-9-4-5-10-22(20)25(23)24/h2-16,26H,1H3. The Labute approximate surface area is 152 Å². The smallest absolute Gasteiger partial charge is 0.0470 e. The highest BCUT2D eigenvalue weighted by Gasteiger charge is 2.11. The predicted molar refractivity (Wildman–Crippen MR) is 113 cm³/mol. The average Bonchev–Trinajstić information content (AvgIpc) is 2.70. The highest BCUT2D eigenvalue weighted by Crippen LogP contribution is 2.39. The van der Waals surface area contributed by atoms with E-state index in [1.165, 1.54) is 37.9 Å². The maximum absolute atomic E-state index is 3.63. The third-order valence-corrected chi connectivity index (χ3v) is 5.10. The Morgan fingerprint density at radius 2 is 1.00 bits per heavy atom. The summed E-state index contributed by atoms with van der Waals surface area (Å²) in [5.41, 5.74) is 3.53. The molecular weight excluding hydrogens is 314 g/mol. The van der Waals surface area contributed by atoms with Crippen LogP contribution in [0.1, 0.15) is 5.56 Å². The molecule has 0 spiro atoms. The van der Waals surface area contributed by atoms with Crippen LogP contribution in [0.2, 0.25) is 0 Å². The molecule has 0 bridgehead atoms. The van der Waals surface area contributed by atoms with Gasteiger partial charge >= 0.3 is 0 Å². The van der Waals surface area contributed by atoms with Crippen LogP contribution < -0.4 is 5.32 Å². The van der Waals surface area contributed by atoms with Crippen LogP contribution in [0.3, 0.4) is 0 Å².